The lowest BCUT2D eigenvalue weighted by Gasteiger charge is -2.22. The molecule has 0 bridgehead atoms. The monoisotopic (exact) mass is 431 g/mol. The number of non-ortho nitro benzene ring substituents is 1. The van der Waals surface area contributed by atoms with E-state index < -0.39 is 26.1 Å². The van der Waals surface area contributed by atoms with Crippen LogP contribution in [0.5, 0.6) is 0 Å². The fourth-order valence-electron chi connectivity index (χ4n) is 3.62. The fourth-order valence-corrected chi connectivity index (χ4v) is 4.60. The molecule has 0 heterocycles. The summed E-state index contributed by atoms with van der Waals surface area (Å²) < 4.78 is 27.3. The number of nitro benzene ring substituents is 1. The number of nitro groups is 1. The Kier molecular flexibility index (Phi) is 6.52. The Morgan fingerprint density at radius 2 is 1.83 bits per heavy atom. The molecule has 2 aromatic carbocycles. The minimum absolute atomic E-state index is 0.0834. The molecule has 3 rings (SSSR count). The summed E-state index contributed by atoms with van der Waals surface area (Å²) in [5.41, 5.74) is 1.63. The molecule has 1 aliphatic rings. The van der Waals surface area contributed by atoms with Gasteiger partial charge in [-0.2, -0.15) is 0 Å². The second-order valence-corrected chi connectivity index (χ2v) is 10.0. The number of nitrogens with zero attached hydrogens (tertiary/aromatic N) is 1. The lowest BCUT2D eigenvalue weighted by molar-refractivity contribution is -0.384. The van der Waals surface area contributed by atoms with Gasteiger partial charge in [0.25, 0.3) is 11.6 Å². The molecule has 0 spiro atoms. The Morgan fingerprint density at radius 3 is 2.47 bits per heavy atom. The second-order valence-electron chi connectivity index (χ2n) is 7.74. The Balaban J connectivity index is 1.69. The maximum absolute atomic E-state index is 12.4. The van der Waals surface area contributed by atoms with Gasteiger partial charge < -0.3 is 5.32 Å². The van der Waals surface area contributed by atoms with E-state index in [1.54, 1.807) is 26.0 Å². The van der Waals surface area contributed by atoms with Crippen LogP contribution in [0.1, 0.15) is 54.9 Å². The number of sulfonamides is 1. The van der Waals surface area contributed by atoms with Crippen molar-refractivity contribution in [3.63, 3.8) is 0 Å². The van der Waals surface area contributed by atoms with Crippen molar-refractivity contribution in [1.82, 2.24) is 4.72 Å². The molecular formula is C21H25N3O5S. The summed E-state index contributed by atoms with van der Waals surface area (Å²) >= 11 is 0. The van der Waals surface area contributed by atoms with Gasteiger partial charge >= 0.3 is 0 Å². The fraction of sp³-hybridized carbons (Fsp3) is 0.381. The molecule has 0 aromatic heterocycles. The summed E-state index contributed by atoms with van der Waals surface area (Å²) in [6, 6.07) is 12.7. The third-order valence-corrected chi connectivity index (χ3v) is 7.24. The smallest absolute Gasteiger partial charge is 0.270 e. The lowest BCUT2D eigenvalue weighted by atomic mass is 9.94. The third kappa shape index (κ3) is 5.03. The van der Waals surface area contributed by atoms with E-state index in [-0.39, 0.29) is 23.2 Å². The van der Waals surface area contributed by atoms with Gasteiger partial charge in [0.2, 0.25) is 10.0 Å². The number of rotatable bonds is 7. The lowest BCUT2D eigenvalue weighted by Crippen LogP contribution is -2.40. The Morgan fingerprint density at radius 1 is 1.13 bits per heavy atom. The van der Waals surface area contributed by atoms with E-state index in [0.29, 0.717) is 5.69 Å². The molecule has 1 saturated carbocycles. The highest BCUT2D eigenvalue weighted by molar-refractivity contribution is 7.90. The van der Waals surface area contributed by atoms with E-state index >= 15 is 0 Å². The second kappa shape index (κ2) is 8.93. The van der Waals surface area contributed by atoms with Crippen molar-refractivity contribution >= 4 is 27.3 Å². The Bertz CT molecular complexity index is 1030. The first-order valence-corrected chi connectivity index (χ1v) is 11.4. The van der Waals surface area contributed by atoms with Crippen LogP contribution in [-0.2, 0) is 10.0 Å². The maximum atomic E-state index is 12.4. The normalized spacial score (nSPS) is 19.0. The summed E-state index contributed by atoms with van der Waals surface area (Å²) in [5.74, 6) is -0.352. The molecule has 2 N–H and O–H groups in total. The maximum Gasteiger partial charge on any atom is 0.270 e. The van der Waals surface area contributed by atoms with Crippen LogP contribution in [0.2, 0.25) is 0 Å². The van der Waals surface area contributed by atoms with Gasteiger partial charge in [-0.1, -0.05) is 24.6 Å². The largest absolute Gasteiger partial charge is 0.322 e. The molecule has 2 aromatic rings. The standard InChI is InChI=1S/C21H25N3O5S/c1-14(2)30(28,29)23-20-8-4-7-19(20)15-9-11-17(12-10-15)22-21(25)16-5-3-6-18(13-16)24(26)27/h3,5-6,9-14,19-20,23H,4,7-8H2,1-2H3,(H,22,25)/t19-,20-/m1/s1. The predicted molar refractivity (Wildman–Crippen MR) is 115 cm³/mol. The molecule has 160 valence electrons. The molecule has 30 heavy (non-hydrogen) atoms. The van der Waals surface area contributed by atoms with E-state index in [1.165, 1.54) is 24.3 Å². The number of anilines is 1. The quantitative estimate of drug-likeness (QED) is 0.510. The zero-order chi connectivity index (χ0) is 21.9. The molecule has 9 heteroatoms. The highest BCUT2D eigenvalue weighted by Gasteiger charge is 2.32. The van der Waals surface area contributed by atoms with Crippen molar-refractivity contribution in [2.45, 2.75) is 50.3 Å². The Labute approximate surface area is 175 Å². The van der Waals surface area contributed by atoms with Crippen LogP contribution in [0.4, 0.5) is 11.4 Å². The van der Waals surface area contributed by atoms with Crippen molar-refractivity contribution in [3.05, 3.63) is 69.8 Å². The van der Waals surface area contributed by atoms with Crippen LogP contribution in [-0.4, -0.2) is 30.5 Å². The van der Waals surface area contributed by atoms with Gasteiger partial charge in [-0.25, -0.2) is 13.1 Å². The van der Waals surface area contributed by atoms with Gasteiger partial charge in [0.1, 0.15) is 0 Å². The van der Waals surface area contributed by atoms with Gasteiger partial charge in [-0.3, -0.25) is 14.9 Å². The van der Waals surface area contributed by atoms with Crippen molar-refractivity contribution < 1.29 is 18.1 Å². The topological polar surface area (TPSA) is 118 Å². The van der Waals surface area contributed by atoms with Gasteiger partial charge in [-0.05, 0) is 50.5 Å². The molecule has 2 atom stereocenters. The minimum atomic E-state index is -3.34. The van der Waals surface area contributed by atoms with E-state index in [4.69, 9.17) is 0 Å². The first kappa shape index (κ1) is 21.9. The van der Waals surface area contributed by atoms with Crippen molar-refractivity contribution in [2.75, 3.05) is 5.32 Å². The predicted octanol–water partition coefficient (Wildman–Crippen LogP) is 3.81. The number of amides is 1. The molecule has 0 unspecified atom stereocenters. The number of nitrogens with one attached hydrogen (secondary N) is 2. The van der Waals surface area contributed by atoms with Gasteiger partial charge in [0, 0.05) is 35.3 Å². The van der Waals surface area contributed by atoms with Crippen LogP contribution in [0.25, 0.3) is 0 Å². The zero-order valence-corrected chi connectivity index (χ0v) is 17.7. The first-order chi connectivity index (χ1) is 14.2. The third-order valence-electron chi connectivity index (χ3n) is 5.37. The van der Waals surface area contributed by atoms with Gasteiger partial charge in [-0.15, -0.1) is 0 Å². The number of carbonyl (C=O) groups is 1. The van der Waals surface area contributed by atoms with Crippen LogP contribution in [0.15, 0.2) is 48.5 Å². The van der Waals surface area contributed by atoms with Crippen LogP contribution in [0.3, 0.4) is 0 Å². The molecule has 1 fully saturated rings. The van der Waals surface area contributed by atoms with Gasteiger partial charge in [0.15, 0.2) is 0 Å². The summed E-state index contributed by atoms with van der Waals surface area (Å²) in [6.45, 7) is 3.32. The Hall–Kier alpha value is -2.78. The number of benzene rings is 2. The molecule has 1 amide bonds. The molecule has 0 aliphatic heterocycles. The minimum Gasteiger partial charge on any atom is -0.322 e. The molecule has 0 saturated heterocycles. The first-order valence-electron chi connectivity index (χ1n) is 9.84. The molecule has 0 radical (unpaired) electrons. The summed E-state index contributed by atoms with van der Waals surface area (Å²) in [4.78, 5) is 22.7. The highest BCUT2D eigenvalue weighted by atomic mass is 32.2. The van der Waals surface area contributed by atoms with Gasteiger partial charge in [0.05, 0.1) is 10.2 Å². The summed E-state index contributed by atoms with van der Waals surface area (Å²) in [6.07, 6.45) is 2.63. The van der Waals surface area contributed by atoms with E-state index in [1.807, 2.05) is 12.1 Å². The van der Waals surface area contributed by atoms with Crippen molar-refractivity contribution in [3.8, 4) is 0 Å². The average Bonchev–Trinajstić information content (AvgIpc) is 3.16. The van der Waals surface area contributed by atoms with E-state index in [9.17, 15) is 23.3 Å². The van der Waals surface area contributed by atoms with Crippen LogP contribution in [0, 0.1) is 10.1 Å². The molecule has 1 aliphatic carbocycles. The van der Waals surface area contributed by atoms with Crippen molar-refractivity contribution in [1.29, 1.82) is 0 Å². The highest BCUT2D eigenvalue weighted by Crippen LogP contribution is 2.35. The molecular weight excluding hydrogens is 406 g/mol. The van der Waals surface area contributed by atoms with E-state index in [0.717, 1.165) is 24.8 Å². The summed E-state index contributed by atoms with van der Waals surface area (Å²) in [5, 5.41) is 13.1. The van der Waals surface area contributed by atoms with Crippen LogP contribution >= 0.6 is 0 Å². The summed E-state index contributed by atoms with van der Waals surface area (Å²) in [7, 11) is -3.34. The average molecular weight is 432 g/mol. The molecule has 8 nitrogen and oxygen atoms in total. The SMILES string of the molecule is CC(C)S(=O)(=O)N[C@@H]1CCC[C@@H]1c1ccc(NC(=O)c2cccc([N+](=O)[O-])c2)cc1. The number of carbonyl (C=O) groups excluding carboxylic acids is 1. The zero-order valence-electron chi connectivity index (χ0n) is 16.9. The van der Waals surface area contributed by atoms with Crippen LogP contribution < -0.4 is 10.0 Å². The number of hydrogen-bond acceptors (Lipinski definition) is 5. The number of hydrogen-bond donors (Lipinski definition) is 2. The van der Waals surface area contributed by atoms with Crippen molar-refractivity contribution in [2.24, 2.45) is 0 Å². The van der Waals surface area contributed by atoms with E-state index in [2.05, 4.69) is 10.0 Å².